The Balaban J connectivity index is 1.86. The fraction of sp³-hybridized carbons (Fsp3) is 0.211. The number of ether oxygens (including phenoxy) is 1. The van der Waals surface area contributed by atoms with Crippen LogP contribution in [0.25, 0.3) is 11.0 Å². The number of nitrogens with one attached hydrogen (secondary N) is 1. The minimum Gasteiger partial charge on any atom is -0.465 e. The van der Waals surface area contributed by atoms with Crippen molar-refractivity contribution in [3.8, 4) is 0 Å². The van der Waals surface area contributed by atoms with Crippen molar-refractivity contribution in [1.29, 1.82) is 0 Å². The van der Waals surface area contributed by atoms with Gasteiger partial charge >= 0.3 is 5.97 Å². The van der Waals surface area contributed by atoms with E-state index in [-0.39, 0.29) is 5.56 Å². The van der Waals surface area contributed by atoms with Crippen molar-refractivity contribution in [2.45, 2.75) is 12.8 Å². The number of aromatic amines is 1. The predicted molar refractivity (Wildman–Crippen MR) is 100 cm³/mol. The molecule has 2 heterocycles. The summed E-state index contributed by atoms with van der Waals surface area (Å²) in [5, 5.41) is 0.675. The van der Waals surface area contributed by atoms with Crippen LogP contribution < -0.4 is 10.5 Å². The number of carbonyl (C=O) groups is 1. The molecule has 1 aliphatic rings. The average Bonchev–Trinajstić information content (AvgIpc) is 2.65. The highest BCUT2D eigenvalue weighted by Gasteiger charge is 2.22. The van der Waals surface area contributed by atoms with Crippen LogP contribution in [0.1, 0.15) is 22.3 Å². The molecule has 132 valence electrons. The number of H-pyrrole nitrogens is 1. The number of hydrogen-bond donors (Lipinski definition) is 1. The molecule has 0 spiro atoms. The van der Waals surface area contributed by atoms with Gasteiger partial charge in [-0.2, -0.15) is 0 Å². The monoisotopic (exact) mass is 369 g/mol. The van der Waals surface area contributed by atoms with Crippen LogP contribution in [-0.2, 0) is 11.2 Å². The number of rotatable bonds is 2. The van der Waals surface area contributed by atoms with Crippen LogP contribution in [0.15, 0.2) is 41.2 Å². The minimum atomic E-state index is -0.445. The Kier molecular flexibility index (Phi) is 4.12. The fourth-order valence-corrected chi connectivity index (χ4v) is 3.48. The highest BCUT2D eigenvalue weighted by Crippen LogP contribution is 2.33. The Bertz CT molecular complexity index is 1080. The molecule has 0 radical (unpaired) electrons. The second-order valence-corrected chi connectivity index (χ2v) is 6.58. The van der Waals surface area contributed by atoms with E-state index in [1.165, 1.54) is 7.11 Å². The molecule has 6 nitrogen and oxygen atoms in total. The predicted octanol–water partition coefficient (Wildman–Crippen LogP) is 3.45. The minimum absolute atomic E-state index is 0.272. The van der Waals surface area contributed by atoms with Gasteiger partial charge in [-0.05, 0) is 54.8 Å². The third kappa shape index (κ3) is 2.82. The molecule has 1 N–H and O–H groups in total. The van der Waals surface area contributed by atoms with E-state index in [1.54, 1.807) is 18.2 Å². The SMILES string of the molecule is COC(=O)c1ccc2[nH]c(=O)c(N3CCCc4cc(Cl)ccc43)nc2c1. The van der Waals surface area contributed by atoms with Gasteiger partial charge in [-0.1, -0.05) is 11.6 Å². The van der Waals surface area contributed by atoms with Crippen molar-refractivity contribution >= 4 is 40.1 Å². The first-order valence-electron chi connectivity index (χ1n) is 8.25. The summed E-state index contributed by atoms with van der Waals surface area (Å²) in [7, 11) is 1.33. The number of hydrogen-bond acceptors (Lipinski definition) is 5. The summed E-state index contributed by atoms with van der Waals surface area (Å²) in [5.41, 5.74) is 3.24. The number of aryl methyl sites for hydroxylation is 1. The molecule has 3 aromatic rings. The van der Waals surface area contributed by atoms with Crippen molar-refractivity contribution in [1.82, 2.24) is 9.97 Å². The van der Waals surface area contributed by atoms with Gasteiger partial charge in [0.15, 0.2) is 5.82 Å². The molecule has 1 aromatic heterocycles. The highest BCUT2D eigenvalue weighted by atomic mass is 35.5. The Hall–Kier alpha value is -2.86. The molecule has 2 aromatic carbocycles. The molecule has 7 heteroatoms. The zero-order chi connectivity index (χ0) is 18.3. The number of halogens is 1. The Morgan fingerprint density at radius 3 is 2.92 bits per heavy atom. The van der Waals surface area contributed by atoms with Crippen molar-refractivity contribution < 1.29 is 9.53 Å². The Labute approximate surface area is 154 Å². The number of carbonyl (C=O) groups excluding carboxylic acids is 1. The zero-order valence-corrected chi connectivity index (χ0v) is 14.8. The topological polar surface area (TPSA) is 75.3 Å². The summed E-state index contributed by atoms with van der Waals surface area (Å²) in [5.74, 6) is -0.137. The third-order valence-electron chi connectivity index (χ3n) is 4.51. The van der Waals surface area contributed by atoms with E-state index in [4.69, 9.17) is 16.3 Å². The third-order valence-corrected chi connectivity index (χ3v) is 4.75. The van der Waals surface area contributed by atoms with Gasteiger partial charge in [0, 0.05) is 17.3 Å². The first-order chi connectivity index (χ1) is 12.6. The largest absolute Gasteiger partial charge is 0.465 e. The van der Waals surface area contributed by atoms with Crippen LogP contribution in [0.5, 0.6) is 0 Å². The van der Waals surface area contributed by atoms with E-state index in [2.05, 4.69) is 9.97 Å². The van der Waals surface area contributed by atoms with Gasteiger partial charge in [-0.3, -0.25) is 4.79 Å². The van der Waals surface area contributed by atoms with Crippen molar-refractivity contribution in [2.24, 2.45) is 0 Å². The van der Waals surface area contributed by atoms with Crippen LogP contribution in [0.2, 0.25) is 5.02 Å². The quantitative estimate of drug-likeness (QED) is 0.700. The highest BCUT2D eigenvalue weighted by molar-refractivity contribution is 6.30. The van der Waals surface area contributed by atoms with Gasteiger partial charge in [-0.25, -0.2) is 9.78 Å². The van der Waals surface area contributed by atoms with Crippen LogP contribution in [0.3, 0.4) is 0 Å². The zero-order valence-electron chi connectivity index (χ0n) is 14.1. The molecule has 0 aliphatic carbocycles. The summed E-state index contributed by atoms with van der Waals surface area (Å²) < 4.78 is 4.75. The molecule has 0 amide bonds. The lowest BCUT2D eigenvalue weighted by atomic mass is 10.0. The van der Waals surface area contributed by atoms with Gasteiger partial charge in [-0.15, -0.1) is 0 Å². The molecular formula is C19H16ClN3O3. The number of fused-ring (bicyclic) bond motifs is 2. The molecule has 0 fully saturated rings. The van der Waals surface area contributed by atoms with Crippen molar-refractivity contribution in [3.05, 3.63) is 62.9 Å². The maximum atomic E-state index is 12.6. The van der Waals surface area contributed by atoms with Crippen molar-refractivity contribution in [2.75, 3.05) is 18.6 Å². The van der Waals surface area contributed by atoms with E-state index in [9.17, 15) is 9.59 Å². The number of nitrogens with zero attached hydrogens (tertiary/aromatic N) is 2. The first-order valence-corrected chi connectivity index (χ1v) is 8.63. The lowest BCUT2D eigenvalue weighted by molar-refractivity contribution is 0.0601. The van der Waals surface area contributed by atoms with E-state index in [0.717, 1.165) is 24.1 Å². The summed E-state index contributed by atoms with van der Waals surface area (Å²) in [4.78, 5) is 33.7. The van der Waals surface area contributed by atoms with E-state index < -0.39 is 5.97 Å². The molecule has 0 unspecified atom stereocenters. The molecule has 0 saturated heterocycles. The van der Waals surface area contributed by atoms with Gasteiger partial charge in [0.2, 0.25) is 0 Å². The van der Waals surface area contributed by atoms with Crippen LogP contribution in [0, 0.1) is 0 Å². The Morgan fingerprint density at radius 2 is 2.12 bits per heavy atom. The smallest absolute Gasteiger partial charge is 0.337 e. The van der Waals surface area contributed by atoms with E-state index in [1.807, 2.05) is 23.1 Å². The van der Waals surface area contributed by atoms with Crippen molar-refractivity contribution in [3.63, 3.8) is 0 Å². The summed E-state index contributed by atoms with van der Waals surface area (Å²) >= 11 is 6.09. The summed E-state index contributed by atoms with van der Waals surface area (Å²) in [6, 6.07) is 10.5. The molecule has 1 aliphatic heterocycles. The Morgan fingerprint density at radius 1 is 1.27 bits per heavy atom. The molecule has 4 rings (SSSR count). The lowest BCUT2D eigenvalue weighted by Gasteiger charge is -2.30. The number of esters is 1. The molecule has 0 bridgehead atoms. The number of methoxy groups -OCH3 is 1. The average molecular weight is 370 g/mol. The van der Waals surface area contributed by atoms with Crippen LogP contribution in [-0.4, -0.2) is 29.6 Å². The van der Waals surface area contributed by atoms with Gasteiger partial charge in [0.25, 0.3) is 5.56 Å². The van der Waals surface area contributed by atoms with Gasteiger partial charge in [0.05, 0.1) is 23.7 Å². The maximum Gasteiger partial charge on any atom is 0.337 e. The maximum absolute atomic E-state index is 12.6. The van der Waals surface area contributed by atoms with Gasteiger partial charge < -0.3 is 14.6 Å². The standard InChI is InChI=1S/C19H16ClN3O3/c1-26-19(25)12-4-6-14-15(10-12)21-17(18(24)22-14)23-8-2-3-11-9-13(20)5-7-16(11)23/h4-7,9-10H,2-3,8H2,1H3,(H,22,24). The number of benzene rings is 2. The molecule has 26 heavy (non-hydrogen) atoms. The van der Waals surface area contributed by atoms with E-state index in [0.29, 0.717) is 34.0 Å². The summed E-state index contributed by atoms with van der Waals surface area (Å²) in [6.45, 7) is 0.687. The first kappa shape index (κ1) is 16.6. The normalized spacial score (nSPS) is 13.5. The fourth-order valence-electron chi connectivity index (χ4n) is 3.29. The second-order valence-electron chi connectivity index (χ2n) is 6.14. The van der Waals surface area contributed by atoms with Crippen LogP contribution >= 0.6 is 11.6 Å². The molecular weight excluding hydrogens is 354 g/mol. The van der Waals surface area contributed by atoms with E-state index >= 15 is 0 Å². The summed E-state index contributed by atoms with van der Waals surface area (Å²) in [6.07, 6.45) is 1.80. The molecule has 0 saturated carbocycles. The van der Waals surface area contributed by atoms with Gasteiger partial charge in [0.1, 0.15) is 0 Å². The lowest BCUT2D eigenvalue weighted by Crippen LogP contribution is -2.30. The van der Waals surface area contributed by atoms with Crippen LogP contribution in [0.4, 0.5) is 11.5 Å². The molecule has 0 atom stereocenters. The number of anilines is 2. The second kappa shape index (κ2) is 6.46. The number of aromatic nitrogens is 2.